The van der Waals surface area contributed by atoms with Crippen molar-refractivity contribution in [3.63, 3.8) is 0 Å². The molecule has 1 fully saturated rings. The number of fused-ring (bicyclic) bond motifs is 1. The number of nitrogens with zero attached hydrogens (tertiary/aromatic N) is 3. The molecule has 0 bridgehead atoms. The standard InChI is InChI=1S/C25H29N5O4.C2H6/c1-17-15-26-25(29-24(17)28-19-6-5-7-21-23(19)34-16-33-21)27-18-8-9-20(22(14-18)31-2)32-13-12-30-10-3-4-11-30;1-2/h5-9,14-15H,3-4,10-13,16H2,1-2H3,(H2,26,27,28,29);1-2H3. The maximum atomic E-state index is 5.98. The highest BCUT2D eigenvalue weighted by Crippen LogP contribution is 2.40. The molecule has 2 aliphatic rings. The predicted molar refractivity (Wildman–Crippen MR) is 141 cm³/mol. The summed E-state index contributed by atoms with van der Waals surface area (Å²) in [5.74, 6) is 3.91. The van der Waals surface area contributed by atoms with Gasteiger partial charge in [0.2, 0.25) is 12.7 Å². The van der Waals surface area contributed by atoms with E-state index >= 15 is 0 Å². The van der Waals surface area contributed by atoms with Crippen LogP contribution in [0, 0.1) is 6.92 Å². The van der Waals surface area contributed by atoms with Crippen molar-refractivity contribution in [1.29, 1.82) is 0 Å². The predicted octanol–water partition coefficient (Wildman–Crippen LogP) is 5.51. The van der Waals surface area contributed by atoms with Gasteiger partial charge in [0.15, 0.2) is 23.0 Å². The molecule has 9 heteroatoms. The Morgan fingerprint density at radius 1 is 1.03 bits per heavy atom. The van der Waals surface area contributed by atoms with E-state index in [0.717, 1.165) is 42.3 Å². The third-order valence-corrected chi connectivity index (χ3v) is 5.90. The first-order valence-electron chi connectivity index (χ1n) is 12.5. The van der Waals surface area contributed by atoms with E-state index < -0.39 is 0 Å². The Kier molecular flexibility index (Phi) is 8.67. The fraction of sp³-hybridized carbons (Fsp3) is 0.407. The van der Waals surface area contributed by atoms with Crippen molar-refractivity contribution in [1.82, 2.24) is 14.9 Å². The molecule has 9 nitrogen and oxygen atoms in total. The van der Waals surface area contributed by atoms with E-state index in [9.17, 15) is 0 Å². The minimum atomic E-state index is 0.212. The maximum Gasteiger partial charge on any atom is 0.231 e. The van der Waals surface area contributed by atoms with Crippen LogP contribution in [0.5, 0.6) is 23.0 Å². The summed E-state index contributed by atoms with van der Waals surface area (Å²) in [7, 11) is 1.64. The molecule has 2 N–H and O–H groups in total. The van der Waals surface area contributed by atoms with E-state index in [1.807, 2.05) is 57.2 Å². The van der Waals surface area contributed by atoms with Gasteiger partial charge < -0.3 is 29.6 Å². The number of anilines is 4. The van der Waals surface area contributed by atoms with Crippen LogP contribution in [-0.4, -0.2) is 55.0 Å². The van der Waals surface area contributed by atoms with Crippen LogP contribution in [0.3, 0.4) is 0 Å². The molecule has 3 aromatic rings. The molecule has 1 saturated heterocycles. The molecule has 2 aromatic carbocycles. The Labute approximate surface area is 212 Å². The number of likely N-dealkylation sites (tertiary alicyclic amines) is 1. The molecule has 0 amide bonds. The average Bonchev–Trinajstić information content (AvgIpc) is 3.61. The minimum Gasteiger partial charge on any atom is -0.493 e. The monoisotopic (exact) mass is 493 g/mol. The summed E-state index contributed by atoms with van der Waals surface area (Å²) in [5.41, 5.74) is 2.50. The minimum absolute atomic E-state index is 0.212. The van der Waals surface area contributed by atoms with E-state index in [0.29, 0.717) is 35.6 Å². The number of nitrogens with one attached hydrogen (secondary N) is 2. The highest BCUT2D eigenvalue weighted by Gasteiger charge is 2.18. The molecule has 0 radical (unpaired) electrons. The molecule has 5 rings (SSSR count). The van der Waals surface area contributed by atoms with Crippen molar-refractivity contribution < 1.29 is 18.9 Å². The number of hydrogen-bond acceptors (Lipinski definition) is 9. The van der Waals surface area contributed by atoms with Gasteiger partial charge >= 0.3 is 0 Å². The SMILES string of the molecule is CC.COc1cc(Nc2ncc(C)c(Nc3cccc4c3OCO4)n2)ccc1OCCN1CCCC1. The molecule has 3 heterocycles. The summed E-state index contributed by atoms with van der Waals surface area (Å²) in [5, 5.41) is 6.58. The lowest BCUT2D eigenvalue weighted by molar-refractivity contribution is 0.174. The Bertz CT molecular complexity index is 1150. The molecular formula is C27H35N5O4. The lowest BCUT2D eigenvalue weighted by Crippen LogP contribution is -2.25. The van der Waals surface area contributed by atoms with E-state index in [4.69, 9.17) is 18.9 Å². The maximum absolute atomic E-state index is 5.98. The molecule has 0 saturated carbocycles. The first-order chi connectivity index (χ1) is 17.7. The summed E-state index contributed by atoms with van der Waals surface area (Å²) >= 11 is 0. The summed E-state index contributed by atoms with van der Waals surface area (Å²) in [6.45, 7) is 10.0. The summed E-state index contributed by atoms with van der Waals surface area (Å²) in [4.78, 5) is 11.5. The molecule has 0 unspecified atom stereocenters. The van der Waals surface area contributed by atoms with E-state index in [1.54, 1.807) is 13.3 Å². The van der Waals surface area contributed by atoms with Crippen LogP contribution >= 0.6 is 0 Å². The number of ether oxygens (including phenoxy) is 4. The third kappa shape index (κ3) is 6.09. The molecule has 0 aliphatic carbocycles. The quantitative estimate of drug-likeness (QED) is 0.400. The average molecular weight is 494 g/mol. The van der Waals surface area contributed by atoms with Crippen molar-refractivity contribution >= 4 is 23.1 Å². The van der Waals surface area contributed by atoms with Gasteiger partial charge in [0.1, 0.15) is 12.4 Å². The van der Waals surface area contributed by atoms with E-state index in [1.165, 1.54) is 12.8 Å². The topological polar surface area (TPSA) is 90.0 Å². The van der Waals surface area contributed by atoms with Crippen molar-refractivity contribution in [3.8, 4) is 23.0 Å². The van der Waals surface area contributed by atoms with Gasteiger partial charge in [-0.1, -0.05) is 19.9 Å². The van der Waals surface area contributed by atoms with Crippen molar-refractivity contribution in [2.45, 2.75) is 33.6 Å². The van der Waals surface area contributed by atoms with Crippen LogP contribution in [0.1, 0.15) is 32.3 Å². The number of aryl methyl sites for hydroxylation is 1. The van der Waals surface area contributed by atoms with E-state index in [2.05, 4.69) is 25.5 Å². The lowest BCUT2D eigenvalue weighted by Gasteiger charge is -2.17. The molecule has 0 spiro atoms. The molecular weight excluding hydrogens is 458 g/mol. The van der Waals surface area contributed by atoms with Crippen molar-refractivity contribution in [2.24, 2.45) is 0 Å². The highest BCUT2D eigenvalue weighted by molar-refractivity contribution is 5.71. The Hall–Kier alpha value is -3.72. The number of para-hydroxylation sites is 1. The summed E-state index contributed by atoms with van der Waals surface area (Å²) in [6.07, 6.45) is 4.32. The number of methoxy groups -OCH3 is 1. The third-order valence-electron chi connectivity index (χ3n) is 5.90. The molecule has 1 aromatic heterocycles. The number of rotatable bonds is 9. The second-order valence-electron chi connectivity index (χ2n) is 8.28. The lowest BCUT2D eigenvalue weighted by atomic mass is 10.2. The second-order valence-corrected chi connectivity index (χ2v) is 8.28. The number of aromatic nitrogens is 2. The Morgan fingerprint density at radius 3 is 2.67 bits per heavy atom. The van der Waals surface area contributed by atoms with Gasteiger partial charge in [0.05, 0.1) is 12.8 Å². The molecule has 192 valence electrons. The number of hydrogen-bond donors (Lipinski definition) is 2. The molecule has 0 atom stereocenters. The van der Waals surface area contributed by atoms with Crippen LogP contribution < -0.4 is 29.6 Å². The van der Waals surface area contributed by atoms with Crippen LogP contribution in [0.25, 0.3) is 0 Å². The first-order valence-corrected chi connectivity index (χ1v) is 12.5. The molecule has 2 aliphatic heterocycles. The summed E-state index contributed by atoms with van der Waals surface area (Å²) in [6, 6.07) is 11.4. The van der Waals surface area contributed by atoms with Gasteiger partial charge in [0, 0.05) is 30.1 Å². The normalized spacial score (nSPS) is 14.1. The largest absolute Gasteiger partial charge is 0.493 e. The van der Waals surface area contributed by atoms with Gasteiger partial charge in [-0.25, -0.2) is 4.98 Å². The van der Waals surface area contributed by atoms with Gasteiger partial charge in [0.25, 0.3) is 0 Å². The zero-order chi connectivity index (χ0) is 25.3. The van der Waals surface area contributed by atoms with Crippen LogP contribution in [0.4, 0.5) is 23.1 Å². The highest BCUT2D eigenvalue weighted by atomic mass is 16.7. The van der Waals surface area contributed by atoms with Crippen LogP contribution in [-0.2, 0) is 0 Å². The molecule has 36 heavy (non-hydrogen) atoms. The van der Waals surface area contributed by atoms with E-state index in [-0.39, 0.29) is 6.79 Å². The zero-order valence-electron chi connectivity index (χ0n) is 21.5. The fourth-order valence-electron chi connectivity index (χ4n) is 4.07. The zero-order valence-corrected chi connectivity index (χ0v) is 21.5. The van der Waals surface area contributed by atoms with Crippen LogP contribution in [0.2, 0.25) is 0 Å². The fourth-order valence-corrected chi connectivity index (χ4v) is 4.07. The van der Waals surface area contributed by atoms with Gasteiger partial charge in [-0.05, 0) is 57.1 Å². The smallest absolute Gasteiger partial charge is 0.231 e. The van der Waals surface area contributed by atoms with Crippen molar-refractivity contribution in [2.75, 3.05) is 50.8 Å². The Balaban J connectivity index is 0.00000148. The van der Waals surface area contributed by atoms with Gasteiger partial charge in [-0.3, -0.25) is 4.90 Å². The van der Waals surface area contributed by atoms with Gasteiger partial charge in [-0.2, -0.15) is 4.98 Å². The van der Waals surface area contributed by atoms with Gasteiger partial charge in [-0.15, -0.1) is 0 Å². The number of benzene rings is 2. The van der Waals surface area contributed by atoms with Crippen molar-refractivity contribution in [3.05, 3.63) is 48.2 Å². The van der Waals surface area contributed by atoms with Crippen LogP contribution in [0.15, 0.2) is 42.6 Å². The second kappa shape index (κ2) is 12.3. The first kappa shape index (κ1) is 25.4. The summed E-state index contributed by atoms with van der Waals surface area (Å²) < 4.78 is 22.6. The Morgan fingerprint density at radius 2 is 1.86 bits per heavy atom.